The molecule has 0 aliphatic carbocycles. The van der Waals surface area contributed by atoms with Gasteiger partial charge in [-0.15, -0.1) is 0 Å². The molecule has 0 aliphatic rings. The van der Waals surface area contributed by atoms with E-state index in [1.807, 2.05) is 13.0 Å². The highest BCUT2D eigenvalue weighted by Crippen LogP contribution is 2.30. The monoisotopic (exact) mass is 315 g/mol. The minimum Gasteiger partial charge on any atom is -0.435 e. The van der Waals surface area contributed by atoms with Crippen molar-refractivity contribution < 1.29 is 9.13 Å². The van der Waals surface area contributed by atoms with E-state index in [0.29, 0.717) is 15.2 Å². The first-order chi connectivity index (χ1) is 8.06. The van der Waals surface area contributed by atoms with Crippen LogP contribution in [0.25, 0.3) is 0 Å². The van der Waals surface area contributed by atoms with Gasteiger partial charge in [0.05, 0.1) is 5.02 Å². The van der Waals surface area contributed by atoms with E-state index in [-0.39, 0.29) is 5.88 Å². The molecule has 2 rings (SSSR count). The van der Waals surface area contributed by atoms with Gasteiger partial charge in [0.1, 0.15) is 5.75 Å². The second kappa shape index (κ2) is 5.02. The molecule has 0 amide bonds. The van der Waals surface area contributed by atoms with Crippen LogP contribution in [0.5, 0.6) is 11.6 Å². The van der Waals surface area contributed by atoms with Gasteiger partial charge in [-0.3, -0.25) is 0 Å². The molecule has 2 aromatic rings. The molecule has 0 fully saturated rings. The second-order valence-corrected chi connectivity index (χ2v) is 4.80. The molecule has 0 spiro atoms. The van der Waals surface area contributed by atoms with Crippen molar-refractivity contribution in [1.82, 2.24) is 4.98 Å². The van der Waals surface area contributed by atoms with Gasteiger partial charge < -0.3 is 4.74 Å². The van der Waals surface area contributed by atoms with E-state index in [1.165, 1.54) is 12.3 Å². The highest BCUT2D eigenvalue weighted by molar-refractivity contribution is 9.10. The first kappa shape index (κ1) is 12.3. The first-order valence-electron chi connectivity index (χ1n) is 4.81. The van der Waals surface area contributed by atoms with Gasteiger partial charge >= 0.3 is 0 Å². The van der Waals surface area contributed by atoms with Gasteiger partial charge in [-0.1, -0.05) is 17.7 Å². The van der Waals surface area contributed by atoms with Gasteiger partial charge in [0, 0.05) is 10.7 Å². The second-order valence-electron chi connectivity index (χ2n) is 3.48. The van der Waals surface area contributed by atoms with Crippen LogP contribution in [0.15, 0.2) is 34.9 Å². The molecule has 1 aromatic heterocycles. The third-order valence-corrected chi connectivity index (χ3v) is 2.80. The summed E-state index contributed by atoms with van der Waals surface area (Å²) in [7, 11) is 0. The lowest BCUT2D eigenvalue weighted by molar-refractivity contribution is 0.422. The number of halogens is 3. The van der Waals surface area contributed by atoms with Crippen LogP contribution in [0.1, 0.15) is 5.56 Å². The molecule has 0 aliphatic heterocycles. The molecule has 0 bridgehead atoms. The fourth-order valence-corrected chi connectivity index (χ4v) is 1.85. The molecule has 5 heteroatoms. The first-order valence-corrected chi connectivity index (χ1v) is 5.98. The number of pyridine rings is 1. The molecule has 88 valence electrons. The van der Waals surface area contributed by atoms with Crippen LogP contribution in [-0.4, -0.2) is 4.98 Å². The van der Waals surface area contributed by atoms with E-state index in [1.54, 1.807) is 12.1 Å². The van der Waals surface area contributed by atoms with E-state index in [2.05, 4.69) is 20.9 Å². The molecule has 0 N–H and O–H groups in total. The number of aromatic nitrogens is 1. The quantitative estimate of drug-likeness (QED) is 0.798. The van der Waals surface area contributed by atoms with Crippen molar-refractivity contribution >= 4 is 27.5 Å². The molecule has 0 saturated heterocycles. The Morgan fingerprint density at radius 3 is 2.76 bits per heavy atom. The molecule has 2 nitrogen and oxygen atoms in total. The Balaban J connectivity index is 2.31. The lowest BCUT2D eigenvalue weighted by Gasteiger charge is -2.07. The fraction of sp³-hybridized carbons (Fsp3) is 0.0833. The van der Waals surface area contributed by atoms with Gasteiger partial charge in [0.15, 0.2) is 5.82 Å². The molecule has 1 aromatic carbocycles. The number of rotatable bonds is 2. The Kier molecular flexibility index (Phi) is 3.64. The molecule has 0 atom stereocenters. The van der Waals surface area contributed by atoms with Gasteiger partial charge in [-0.05, 0) is 46.6 Å². The summed E-state index contributed by atoms with van der Waals surface area (Å²) in [6, 6.07) is 6.54. The van der Waals surface area contributed by atoms with Crippen LogP contribution in [0, 0.1) is 12.7 Å². The summed E-state index contributed by atoms with van der Waals surface area (Å²) in [5, 5.41) is 0.425. The molecule has 0 radical (unpaired) electrons. The van der Waals surface area contributed by atoms with Gasteiger partial charge in [0.2, 0.25) is 0 Å². The summed E-state index contributed by atoms with van der Waals surface area (Å²) in [5.41, 5.74) is 1.01. The van der Waals surface area contributed by atoms with Crippen LogP contribution < -0.4 is 4.74 Å². The Labute approximate surface area is 112 Å². The number of aryl methyl sites for hydroxylation is 1. The molecule has 17 heavy (non-hydrogen) atoms. The number of benzene rings is 1. The summed E-state index contributed by atoms with van der Waals surface area (Å²) in [4.78, 5) is 3.83. The highest BCUT2D eigenvalue weighted by atomic mass is 79.9. The molecular formula is C12H8BrClFNO. The van der Waals surface area contributed by atoms with Gasteiger partial charge in [-0.2, -0.15) is 0 Å². The number of nitrogens with zero attached hydrogens (tertiary/aromatic N) is 1. The topological polar surface area (TPSA) is 22.1 Å². The van der Waals surface area contributed by atoms with Crippen LogP contribution in [0.3, 0.4) is 0 Å². The third kappa shape index (κ3) is 2.96. The fourth-order valence-electron chi connectivity index (χ4n) is 1.27. The Morgan fingerprint density at radius 1 is 1.35 bits per heavy atom. The Hall–Kier alpha value is -1.13. The number of hydrogen-bond acceptors (Lipinski definition) is 2. The predicted molar refractivity (Wildman–Crippen MR) is 68.2 cm³/mol. The van der Waals surface area contributed by atoms with Crippen molar-refractivity contribution in [2.75, 3.05) is 0 Å². The predicted octanol–water partition coefficient (Wildman–Crippen LogP) is 4.74. The van der Waals surface area contributed by atoms with Crippen molar-refractivity contribution in [3.8, 4) is 11.6 Å². The van der Waals surface area contributed by atoms with E-state index in [9.17, 15) is 4.39 Å². The van der Waals surface area contributed by atoms with E-state index < -0.39 is 5.82 Å². The zero-order valence-corrected chi connectivity index (χ0v) is 11.2. The number of ether oxygens (including phenoxy) is 1. The van der Waals surface area contributed by atoms with Gasteiger partial charge in [0.25, 0.3) is 5.88 Å². The van der Waals surface area contributed by atoms with Crippen LogP contribution >= 0.6 is 27.5 Å². The summed E-state index contributed by atoms with van der Waals surface area (Å²) in [5.74, 6) is -0.263. The maximum absolute atomic E-state index is 13.5. The Morgan fingerprint density at radius 2 is 2.12 bits per heavy atom. The SMILES string of the molecule is Cc1ccc(Oc2ncc(Br)cc2F)c(Cl)c1. The average molecular weight is 317 g/mol. The molecule has 0 saturated carbocycles. The molecule has 1 heterocycles. The zero-order chi connectivity index (χ0) is 12.4. The largest absolute Gasteiger partial charge is 0.435 e. The summed E-state index contributed by atoms with van der Waals surface area (Å²) >= 11 is 9.10. The Bertz CT molecular complexity index is 513. The lowest BCUT2D eigenvalue weighted by atomic mass is 10.2. The minimum atomic E-state index is -0.545. The normalized spacial score (nSPS) is 10.4. The highest BCUT2D eigenvalue weighted by Gasteiger charge is 2.09. The standard InChI is InChI=1S/C12H8BrClFNO/c1-7-2-3-11(9(14)4-7)17-12-10(15)5-8(13)6-16-12/h2-6H,1H3. The van der Waals surface area contributed by atoms with Crippen molar-refractivity contribution in [3.05, 3.63) is 51.3 Å². The minimum absolute atomic E-state index is 0.0982. The summed E-state index contributed by atoms with van der Waals surface area (Å²) in [6.45, 7) is 1.91. The van der Waals surface area contributed by atoms with Crippen LogP contribution in [0.4, 0.5) is 4.39 Å². The lowest BCUT2D eigenvalue weighted by Crippen LogP contribution is -1.92. The van der Waals surface area contributed by atoms with Crippen molar-refractivity contribution in [1.29, 1.82) is 0 Å². The average Bonchev–Trinajstić information content (AvgIpc) is 2.25. The number of hydrogen-bond donors (Lipinski definition) is 0. The van der Waals surface area contributed by atoms with Crippen LogP contribution in [-0.2, 0) is 0 Å². The van der Waals surface area contributed by atoms with Crippen LogP contribution in [0.2, 0.25) is 5.02 Å². The van der Waals surface area contributed by atoms with Crippen molar-refractivity contribution in [2.45, 2.75) is 6.92 Å². The maximum Gasteiger partial charge on any atom is 0.255 e. The molecular weight excluding hydrogens is 308 g/mol. The third-order valence-electron chi connectivity index (χ3n) is 2.07. The van der Waals surface area contributed by atoms with Crippen molar-refractivity contribution in [3.63, 3.8) is 0 Å². The van der Waals surface area contributed by atoms with E-state index in [0.717, 1.165) is 5.56 Å². The maximum atomic E-state index is 13.5. The van der Waals surface area contributed by atoms with Crippen molar-refractivity contribution in [2.24, 2.45) is 0 Å². The van der Waals surface area contributed by atoms with E-state index in [4.69, 9.17) is 16.3 Å². The van der Waals surface area contributed by atoms with E-state index >= 15 is 0 Å². The smallest absolute Gasteiger partial charge is 0.255 e. The summed E-state index contributed by atoms with van der Waals surface area (Å²) < 4.78 is 19.4. The molecule has 0 unspecified atom stereocenters. The zero-order valence-electron chi connectivity index (χ0n) is 8.88. The summed E-state index contributed by atoms with van der Waals surface area (Å²) in [6.07, 6.45) is 1.46. The van der Waals surface area contributed by atoms with Gasteiger partial charge in [-0.25, -0.2) is 9.37 Å².